The molecule has 3 N–H and O–H groups in total. The van der Waals surface area contributed by atoms with Crippen LogP contribution in [0, 0.1) is 0 Å². The molecule has 0 fully saturated rings. The molecule has 0 heterocycles. The van der Waals surface area contributed by atoms with Gasteiger partial charge in [0.25, 0.3) is 0 Å². The molecule has 106 valence electrons. The quantitative estimate of drug-likeness (QED) is 0.635. The first-order valence-electron chi connectivity index (χ1n) is 6.23. The highest BCUT2D eigenvalue weighted by Gasteiger charge is 2.13. The molecule has 0 amide bonds. The number of halogens is 3. The zero-order chi connectivity index (χ0) is 14.5. The van der Waals surface area contributed by atoms with E-state index in [1.165, 1.54) is 0 Å². The predicted molar refractivity (Wildman–Crippen MR) is 86.4 cm³/mol. The van der Waals surface area contributed by atoms with Gasteiger partial charge in [-0.05, 0) is 48.2 Å². The minimum atomic E-state index is 0.0332. The van der Waals surface area contributed by atoms with Crippen molar-refractivity contribution >= 4 is 34.8 Å². The van der Waals surface area contributed by atoms with Gasteiger partial charge in [-0.3, -0.25) is 11.3 Å². The molecule has 1 unspecified atom stereocenters. The van der Waals surface area contributed by atoms with Gasteiger partial charge in [0, 0.05) is 21.1 Å². The number of rotatable bonds is 5. The molecule has 0 radical (unpaired) electrons. The normalized spacial score (nSPS) is 12.4. The summed E-state index contributed by atoms with van der Waals surface area (Å²) in [6.45, 7) is 0. The molecule has 0 aromatic heterocycles. The van der Waals surface area contributed by atoms with E-state index in [9.17, 15) is 0 Å². The molecule has 20 heavy (non-hydrogen) atoms. The summed E-state index contributed by atoms with van der Waals surface area (Å²) in [6.07, 6.45) is 1.40. The van der Waals surface area contributed by atoms with Gasteiger partial charge in [0.2, 0.25) is 0 Å². The van der Waals surface area contributed by atoms with Gasteiger partial charge in [-0.15, -0.1) is 0 Å². The summed E-state index contributed by atoms with van der Waals surface area (Å²) < 4.78 is 0. The van der Waals surface area contributed by atoms with Gasteiger partial charge < -0.3 is 0 Å². The van der Waals surface area contributed by atoms with E-state index in [0.717, 1.165) is 17.5 Å². The maximum Gasteiger partial charge on any atom is 0.0453 e. The van der Waals surface area contributed by atoms with Gasteiger partial charge in [-0.25, -0.2) is 0 Å². The van der Waals surface area contributed by atoms with Crippen LogP contribution in [0.25, 0.3) is 0 Å². The second-order valence-corrected chi connectivity index (χ2v) is 5.85. The standard InChI is InChI=1S/C15H15Cl3N2/c16-11-4-1-3-10(7-11)8-12(20-19)9-13-14(17)5-2-6-15(13)18/h1-7,12,20H,8-9,19H2. The topological polar surface area (TPSA) is 38.0 Å². The van der Waals surface area contributed by atoms with E-state index in [-0.39, 0.29) is 6.04 Å². The smallest absolute Gasteiger partial charge is 0.0453 e. The van der Waals surface area contributed by atoms with Crippen molar-refractivity contribution in [3.05, 3.63) is 68.7 Å². The fraction of sp³-hybridized carbons (Fsp3) is 0.200. The Morgan fingerprint density at radius 3 is 2.20 bits per heavy atom. The van der Waals surface area contributed by atoms with Crippen LogP contribution in [0.15, 0.2) is 42.5 Å². The average Bonchev–Trinajstić information content (AvgIpc) is 2.42. The summed E-state index contributed by atoms with van der Waals surface area (Å²) in [4.78, 5) is 0. The van der Waals surface area contributed by atoms with Crippen LogP contribution in [0.4, 0.5) is 0 Å². The maximum atomic E-state index is 6.18. The molecule has 2 rings (SSSR count). The molecule has 0 aliphatic heterocycles. The molecular formula is C15H15Cl3N2. The Bertz CT molecular complexity index is 567. The molecule has 0 aliphatic rings. The Labute approximate surface area is 133 Å². The summed E-state index contributed by atoms with van der Waals surface area (Å²) in [5.41, 5.74) is 4.83. The minimum Gasteiger partial charge on any atom is -0.271 e. The van der Waals surface area contributed by atoms with E-state index in [2.05, 4.69) is 5.43 Å². The van der Waals surface area contributed by atoms with Crippen LogP contribution < -0.4 is 11.3 Å². The van der Waals surface area contributed by atoms with Gasteiger partial charge in [0.05, 0.1) is 0 Å². The molecule has 1 atom stereocenters. The Balaban J connectivity index is 2.13. The SMILES string of the molecule is NNC(Cc1cccc(Cl)c1)Cc1c(Cl)cccc1Cl. The highest BCUT2D eigenvalue weighted by Crippen LogP contribution is 2.26. The molecule has 0 spiro atoms. The lowest BCUT2D eigenvalue weighted by molar-refractivity contribution is 0.522. The van der Waals surface area contributed by atoms with Crippen LogP contribution in [0.3, 0.4) is 0 Å². The molecule has 0 bridgehead atoms. The minimum absolute atomic E-state index is 0.0332. The zero-order valence-corrected chi connectivity index (χ0v) is 13.0. The number of hydrazine groups is 1. The zero-order valence-electron chi connectivity index (χ0n) is 10.7. The molecule has 0 aliphatic carbocycles. The second-order valence-electron chi connectivity index (χ2n) is 4.60. The average molecular weight is 330 g/mol. The molecule has 2 aromatic rings. The lowest BCUT2D eigenvalue weighted by atomic mass is 9.99. The summed E-state index contributed by atoms with van der Waals surface area (Å²) in [6, 6.07) is 13.2. The molecule has 0 saturated heterocycles. The van der Waals surface area contributed by atoms with Crippen LogP contribution >= 0.6 is 34.8 Å². The van der Waals surface area contributed by atoms with Crippen LogP contribution in [0.5, 0.6) is 0 Å². The Morgan fingerprint density at radius 1 is 0.950 bits per heavy atom. The number of hydrogen-bond donors (Lipinski definition) is 2. The van der Waals surface area contributed by atoms with Crippen molar-refractivity contribution in [2.45, 2.75) is 18.9 Å². The number of nitrogens with one attached hydrogen (secondary N) is 1. The fourth-order valence-electron chi connectivity index (χ4n) is 2.11. The number of nitrogens with two attached hydrogens (primary N) is 1. The van der Waals surface area contributed by atoms with Crippen molar-refractivity contribution in [3.63, 3.8) is 0 Å². The molecule has 2 nitrogen and oxygen atoms in total. The molecule has 2 aromatic carbocycles. The lowest BCUT2D eigenvalue weighted by Gasteiger charge is -2.18. The van der Waals surface area contributed by atoms with Gasteiger partial charge >= 0.3 is 0 Å². The first-order valence-corrected chi connectivity index (χ1v) is 7.37. The molecular weight excluding hydrogens is 315 g/mol. The highest BCUT2D eigenvalue weighted by atomic mass is 35.5. The van der Waals surface area contributed by atoms with Crippen LogP contribution in [-0.2, 0) is 12.8 Å². The van der Waals surface area contributed by atoms with Gasteiger partial charge in [-0.1, -0.05) is 53.0 Å². The maximum absolute atomic E-state index is 6.18. The highest BCUT2D eigenvalue weighted by molar-refractivity contribution is 6.36. The van der Waals surface area contributed by atoms with E-state index in [1.807, 2.05) is 42.5 Å². The van der Waals surface area contributed by atoms with Crippen molar-refractivity contribution in [2.75, 3.05) is 0 Å². The number of hydrogen-bond acceptors (Lipinski definition) is 2. The lowest BCUT2D eigenvalue weighted by Crippen LogP contribution is -2.38. The van der Waals surface area contributed by atoms with E-state index in [4.69, 9.17) is 40.6 Å². The largest absolute Gasteiger partial charge is 0.271 e. The Kier molecular flexibility index (Phi) is 5.70. The predicted octanol–water partition coefficient (Wildman–Crippen LogP) is 4.26. The van der Waals surface area contributed by atoms with Gasteiger partial charge in [0.1, 0.15) is 0 Å². The van der Waals surface area contributed by atoms with Crippen molar-refractivity contribution in [3.8, 4) is 0 Å². The van der Waals surface area contributed by atoms with Crippen molar-refractivity contribution in [1.29, 1.82) is 0 Å². The Hall–Kier alpha value is -0.770. The first-order chi connectivity index (χ1) is 9.60. The fourth-order valence-corrected chi connectivity index (χ4v) is 2.88. The van der Waals surface area contributed by atoms with Crippen LogP contribution in [0.2, 0.25) is 15.1 Å². The summed E-state index contributed by atoms with van der Waals surface area (Å²) in [5.74, 6) is 5.64. The van der Waals surface area contributed by atoms with Gasteiger partial charge in [0.15, 0.2) is 0 Å². The van der Waals surface area contributed by atoms with Crippen molar-refractivity contribution in [1.82, 2.24) is 5.43 Å². The summed E-state index contributed by atoms with van der Waals surface area (Å²) in [5, 5.41) is 2.03. The van der Waals surface area contributed by atoms with E-state index in [1.54, 1.807) is 0 Å². The van der Waals surface area contributed by atoms with E-state index >= 15 is 0 Å². The third kappa shape index (κ3) is 4.11. The third-order valence-electron chi connectivity index (χ3n) is 3.12. The first kappa shape index (κ1) is 15.6. The van der Waals surface area contributed by atoms with E-state index in [0.29, 0.717) is 21.5 Å². The second kappa shape index (κ2) is 7.30. The summed E-state index contributed by atoms with van der Waals surface area (Å²) in [7, 11) is 0. The Morgan fingerprint density at radius 2 is 1.60 bits per heavy atom. The van der Waals surface area contributed by atoms with Crippen LogP contribution in [0.1, 0.15) is 11.1 Å². The van der Waals surface area contributed by atoms with E-state index < -0.39 is 0 Å². The monoisotopic (exact) mass is 328 g/mol. The number of benzene rings is 2. The third-order valence-corrected chi connectivity index (χ3v) is 4.06. The van der Waals surface area contributed by atoms with Gasteiger partial charge in [-0.2, -0.15) is 0 Å². The van der Waals surface area contributed by atoms with Crippen molar-refractivity contribution in [2.24, 2.45) is 5.84 Å². The van der Waals surface area contributed by atoms with Crippen molar-refractivity contribution < 1.29 is 0 Å². The molecule has 5 heteroatoms. The molecule has 0 saturated carbocycles. The summed E-state index contributed by atoms with van der Waals surface area (Å²) >= 11 is 18.4. The van der Waals surface area contributed by atoms with Crippen LogP contribution in [-0.4, -0.2) is 6.04 Å².